The van der Waals surface area contributed by atoms with Gasteiger partial charge in [0.25, 0.3) is 5.91 Å². The second-order valence-corrected chi connectivity index (χ2v) is 6.23. The normalized spacial score (nSPS) is 15.8. The Hall–Kier alpha value is -2.77. The third-order valence-corrected chi connectivity index (χ3v) is 4.09. The van der Waals surface area contributed by atoms with Gasteiger partial charge in [0, 0.05) is 39.7 Å². The molecule has 1 heterocycles. The van der Waals surface area contributed by atoms with Crippen molar-refractivity contribution in [2.75, 3.05) is 39.2 Å². The number of rotatable bonds is 6. The molecule has 3 N–H and O–H groups in total. The number of carbonyl (C=O) groups excluding carboxylic acids is 3. The Morgan fingerprint density at radius 3 is 2.72 bits per heavy atom. The summed E-state index contributed by atoms with van der Waals surface area (Å²) in [6.07, 6.45) is 0.335. The zero-order chi connectivity index (χ0) is 18.6. The number of hydrogen-bond donors (Lipinski definition) is 2. The van der Waals surface area contributed by atoms with Gasteiger partial charge in [-0.25, -0.2) is 0 Å². The molecule has 2 rings (SSSR count). The molecular weight excluding hydrogens is 324 g/mol. The van der Waals surface area contributed by atoms with E-state index in [2.05, 4.69) is 5.32 Å². The summed E-state index contributed by atoms with van der Waals surface area (Å²) in [5.41, 5.74) is 6.38. The Morgan fingerprint density at radius 1 is 1.36 bits per heavy atom. The first kappa shape index (κ1) is 18.6. The lowest BCUT2D eigenvalue weighted by Gasteiger charge is -2.35. The highest BCUT2D eigenvalue weighted by Crippen LogP contribution is 2.34. The minimum atomic E-state index is -0.453. The van der Waals surface area contributed by atoms with Gasteiger partial charge in [-0.05, 0) is 18.2 Å². The van der Waals surface area contributed by atoms with Gasteiger partial charge in [-0.15, -0.1) is 0 Å². The summed E-state index contributed by atoms with van der Waals surface area (Å²) in [6.45, 7) is 0.594. The van der Waals surface area contributed by atoms with Crippen molar-refractivity contribution < 1.29 is 19.1 Å². The summed E-state index contributed by atoms with van der Waals surface area (Å²) in [5, 5.41) is 2.67. The van der Waals surface area contributed by atoms with Crippen molar-refractivity contribution in [3.05, 3.63) is 23.8 Å². The number of carbonyl (C=O) groups is 3. The number of benzene rings is 1. The van der Waals surface area contributed by atoms with E-state index in [0.29, 0.717) is 17.9 Å². The average molecular weight is 348 g/mol. The Balaban J connectivity index is 2.05. The molecule has 0 saturated carbocycles. The molecule has 3 amide bonds. The molecule has 0 bridgehead atoms. The number of fused-ring (bicyclic) bond motifs is 1. The molecule has 136 valence electrons. The van der Waals surface area contributed by atoms with Crippen molar-refractivity contribution in [3.8, 4) is 5.75 Å². The van der Waals surface area contributed by atoms with Crippen LogP contribution in [0.1, 0.15) is 23.2 Å². The van der Waals surface area contributed by atoms with E-state index >= 15 is 0 Å². The van der Waals surface area contributed by atoms with Gasteiger partial charge in [-0.2, -0.15) is 0 Å². The van der Waals surface area contributed by atoms with E-state index in [1.807, 2.05) is 11.9 Å². The molecule has 0 saturated heterocycles. The van der Waals surface area contributed by atoms with Crippen LogP contribution in [0.25, 0.3) is 0 Å². The quantitative estimate of drug-likeness (QED) is 0.751. The summed E-state index contributed by atoms with van der Waals surface area (Å²) >= 11 is 0. The van der Waals surface area contributed by atoms with Gasteiger partial charge < -0.3 is 25.6 Å². The number of amides is 3. The lowest BCUT2D eigenvalue weighted by atomic mass is 10.1. The van der Waals surface area contributed by atoms with Crippen LogP contribution in [0, 0.1) is 0 Å². The summed E-state index contributed by atoms with van der Waals surface area (Å²) in [5.74, 6) is -0.0400. The van der Waals surface area contributed by atoms with Crippen LogP contribution in [0.2, 0.25) is 0 Å². The van der Waals surface area contributed by atoms with E-state index in [1.54, 1.807) is 32.3 Å². The molecule has 0 aliphatic carbocycles. The maximum absolute atomic E-state index is 12.1. The summed E-state index contributed by atoms with van der Waals surface area (Å²) in [7, 11) is 5.26. The second-order valence-electron chi connectivity index (χ2n) is 6.23. The third kappa shape index (κ3) is 4.62. The molecule has 25 heavy (non-hydrogen) atoms. The van der Waals surface area contributed by atoms with E-state index < -0.39 is 5.91 Å². The Labute approximate surface area is 146 Å². The van der Waals surface area contributed by atoms with Crippen LogP contribution < -0.4 is 20.7 Å². The van der Waals surface area contributed by atoms with Crippen LogP contribution in [-0.2, 0) is 9.59 Å². The minimum Gasteiger partial charge on any atom is -0.489 e. The molecular formula is C17H24N4O4. The highest BCUT2D eigenvalue weighted by atomic mass is 16.5. The summed E-state index contributed by atoms with van der Waals surface area (Å²) in [6, 6.07) is 5.11. The Morgan fingerprint density at radius 2 is 2.08 bits per heavy atom. The standard InChI is InChI=1S/C17H24N4O4/c1-20(2)17(24)11-4-5-14-13(8-11)21(3)12(10-25-14)9-16(23)19-7-6-15(18)22/h4-5,8,12H,6-7,9-10H2,1-3H3,(H2,18,22)(H,19,23)/t12-/m1/s1. The molecule has 1 aromatic carbocycles. The van der Waals surface area contributed by atoms with E-state index in [-0.39, 0.29) is 37.2 Å². The molecule has 0 spiro atoms. The number of hydrogen-bond acceptors (Lipinski definition) is 5. The van der Waals surface area contributed by atoms with Gasteiger partial charge in [0.05, 0.1) is 18.2 Å². The SMILES string of the molecule is CN(C)C(=O)c1ccc2c(c1)N(C)[C@H](CC(=O)NCCC(N)=O)CO2. The summed E-state index contributed by atoms with van der Waals surface area (Å²) < 4.78 is 5.72. The van der Waals surface area contributed by atoms with Crippen LogP contribution in [0.4, 0.5) is 5.69 Å². The van der Waals surface area contributed by atoms with Gasteiger partial charge in [0.1, 0.15) is 12.4 Å². The molecule has 1 aromatic rings. The maximum atomic E-state index is 12.1. The molecule has 8 nitrogen and oxygen atoms in total. The molecule has 0 aromatic heterocycles. The highest BCUT2D eigenvalue weighted by Gasteiger charge is 2.27. The maximum Gasteiger partial charge on any atom is 0.253 e. The molecule has 1 aliphatic heterocycles. The average Bonchev–Trinajstić information content (AvgIpc) is 2.56. The predicted molar refractivity (Wildman–Crippen MR) is 93.6 cm³/mol. The summed E-state index contributed by atoms with van der Waals surface area (Å²) in [4.78, 5) is 38.3. The highest BCUT2D eigenvalue weighted by molar-refractivity contribution is 5.95. The lowest BCUT2D eigenvalue weighted by molar-refractivity contribution is -0.122. The second kappa shape index (κ2) is 7.87. The third-order valence-electron chi connectivity index (χ3n) is 4.09. The fourth-order valence-electron chi connectivity index (χ4n) is 2.61. The van der Waals surface area contributed by atoms with Crippen LogP contribution in [0.5, 0.6) is 5.75 Å². The van der Waals surface area contributed by atoms with Crippen LogP contribution in [0.15, 0.2) is 18.2 Å². The lowest BCUT2D eigenvalue weighted by Crippen LogP contribution is -2.44. The van der Waals surface area contributed by atoms with Crippen molar-refractivity contribution in [1.82, 2.24) is 10.2 Å². The molecule has 0 radical (unpaired) electrons. The van der Waals surface area contributed by atoms with Crippen LogP contribution in [-0.4, -0.2) is 63.0 Å². The smallest absolute Gasteiger partial charge is 0.253 e. The van der Waals surface area contributed by atoms with Gasteiger partial charge in [-0.1, -0.05) is 0 Å². The Kier molecular flexibility index (Phi) is 5.84. The molecule has 8 heteroatoms. The number of ether oxygens (including phenoxy) is 1. The first-order chi connectivity index (χ1) is 11.8. The number of anilines is 1. The zero-order valence-corrected chi connectivity index (χ0v) is 14.7. The monoisotopic (exact) mass is 348 g/mol. The number of nitrogens with zero attached hydrogens (tertiary/aromatic N) is 2. The van der Waals surface area contributed by atoms with Gasteiger partial charge in [0.15, 0.2) is 0 Å². The first-order valence-electron chi connectivity index (χ1n) is 8.06. The minimum absolute atomic E-state index is 0.0949. The number of primary amides is 1. The largest absolute Gasteiger partial charge is 0.489 e. The number of nitrogens with one attached hydrogen (secondary N) is 1. The van der Waals surface area contributed by atoms with E-state index in [0.717, 1.165) is 5.69 Å². The molecule has 1 aliphatic rings. The zero-order valence-electron chi connectivity index (χ0n) is 14.7. The molecule has 0 unspecified atom stereocenters. The van der Waals surface area contributed by atoms with Gasteiger partial charge >= 0.3 is 0 Å². The van der Waals surface area contributed by atoms with Gasteiger partial charge in [-0.3, -0.25) is 14.4 Å². The first-order valence-corrected chi connectivity index (χ1v) is 8.06. The van der Waals surface area contributed by atoms with E-state index in [4.69, 9.17) is 10.5 Å². The van der Waals surface area contributed by atoms with Crippen molar-refractivity contribution in [2.24, 2.45) is 5.73 Å². The molecule has 0 fully saturated rings. The predicted octanol–water partition coefficient (Wildman–Crippen LogP) is -0.0327. The van der Waals surface area contributed by atoms with E-state index in [1.165, 1.54) is 4.90 Å². The van der Waals surface area contributed by atoms with Crippen molar-refractivity contribution in [2.45, 2.75) is 18.9 Å². The molecule has 1 atom stereocenters. The Bertz CT molecular complexity index is 675. The van der Waals surface area contributed by atoms with Crippen molar-refractivity contribution in [1.29, 1.82) is 0 Å². The van der Waals surface area contributed by atoms with Crippen LogP contribution in [0.3, 0.4) is 0 Å². The number of nitrogens with two attached hydrogens (primary N) is 1. The van der Waals surface area contributed by atoms with Gasteiger partial charge in [0.2, 0.25) is 11.8 Å². The van der Waals surface area contributed by atoms with Crippen LogP contribution >= 0.6 is 0 Å². The van der Waals surface area contributed by atoms with Crippen molar-refractivity contribution in [3.63, 3.8) is 0 Å². The fraction of sp³-hybridized carbons (Fsp3) is 0.471. The fourth-order valence-corrected chi connectivity index (χ4v) is 2.61. The van der Waals surface area contributed by atoms with E-state index in [9.17, 15) is 14.4 Å². The topological polar surface area (TPSA) is 105 Å². The van der Waals surface area contributed by atoms with Crippen molar-refractivity contribution >= 4 is 23.4 Å². The number of likely N-dealkylation sites (N-methyl/N-ethyl adjacent to an activating group) is 1.